The van der Waals surface area contributed by atoms with Crippen LogP contribution in [0.5, 0.6) is 0 Å². The van der Waals surface area contributed by atoms with Crippen LogP contribution in [0.2, 0.25) is 0 Å². The Hall–Kier alpha value is -1.29. The maximum Gasteiger partial charge on any atom is 0.283 e. The third kappa shape index (κ3) is 4.92. The van der Waals surface area contributed by atoms with E-state index >= 15 is 0 Å². The van der Waals surface area contributed by atoms with E-state index in [1.165, 1.54) is 0 Å². The fraction of sp³-hybridized carbons (Fsp3) is 0.429. The van der Waals surface area contributed by atoms with E-state index in [2.05, 4.69) is 5.32 Å². The molecule has 0 aliphatic carbocycles. The number of nitrogens with one attached hydrogen (secondary N) is 1. The maximum absolute atomic E-state index is 11.7. The van der Waals surface area contributed by atoms with Gasteiger partial charge in [0, 0.05) is 23.8 Å². The highest BCUT2D eigenvalue weighted by molar-refractivity contribution is 8.13. The number of benzene rings is 1. The quantitative estimate of drug-likeness (QED) is 0.879. The van der Waals surface area contributed by atoms with Crippen molar-refractivity contribution in [3.05, 3.63) is 29.8 Å². The molecule has 1 aromatic rings. The van der Waals surface area contributed by atoms with Crippen molar-refractivity contribution >= 4 is 28.5 Å². The molecular weight excluding hydrogens is 246 g/mol. The minimum atomic E-state index is -0.116. The summed E-state index contributed by atoms with van der Waals surface area (Å²) in [4.78, 5) is 23.0. The molecule has 0 saturated heterocycles. The minimum Gasteiger partial charge on any atom is -0.317 e. The lowest BCUT2D eigenvalue weighted by Gasteiger charge is -2.09. The summed E-state index contributed by atoms with van der Waals surface area (Å²) >= 11 is 1.16. The number of aryl methyl sites for hydroxylation is 1. The third-order valence-corrected chi connectivity index (χ3v) is 3.69. The average molecular weight is 265 g/mol. The van der Waals surface area contributed by atoms with Crippen LogP contribution in [0.1, 0.15) is 25.8 Å². The van der Waals surface area contributed by atoms with Crippen molar-refractivity contribution in [1.82, 2.24) is 0 Å². The molecular formula is C14H19NO2S. The summed E-state index contributed by atoms with van der Waals surface area (Å²) in [6.45, 7) is 5.70. The summed E-state index contributed by atoms with van der Waals surface area (Å²) < 4.78 is 0. The molecule has 98 valence electrons. The Morgan fingerprint density at radius 2 is 1.89 bits per heavy atom. The van der Waals surface area contributed by atoms with Crippen LogP contribution < -0.4 is 5.32 Å². The first-order valence-corrected chi connectivity index (χ1v) is 7.04. The SMILES string of the molecule is CCC(=O)C(C)CSC(=O)Nc1ccc(C)cc1. The summed E-state index contributed by atoms with van der Waals surface area (Å²) in [7, 11) is 0. The smallest absolute Gasteiger partial charge is 0.283 e. The lowest BCUT2D eigenvalue weighted by molar-refractivity contribution is -0.121. The van der Waals surface area contributed by atoms with E-state index in [-0.39, 0.29) is 16.9 Å². The molecule has 3 nitrogen and oxygen atoms in total. The summed E-state index contributed by atoms with van der Waals surface area (Å²) in [5.41, 5.74) is 1.94. The lowest BCUT2D eigenvalue weighted by Crippen LogP contribution is -2.15. The van der Waals surface area contributed by atoms with Gasteiger partial charge in [-0.15, -0.1) is 0 Å². The van der Waals surface area contributed by atoms with Crippen molar-refractivity contribution in [2.45, 2.75) is 27.2 Å². The van der Waals surface area contributed by atoms with Gasteiger partial charge in [0.2, 0.25) is 0 Å². The number of thioether (sulfide) groups is 1. The molecule has 0 fully saturated rings. The van der Waals surface area contributed by atoms with Crippen LogP contribution >= 0.6 is 11.8 Å². The van der Waals surface area contributed by atoms with Crippen LogP contribution in [-0.2, 0) is 4.79 Å². The topological polar surface area (TPSA) is 46.2 Å². The van der Waals surface area contributed by atoms with E-state index in [0.717, 1.165) is 23.0 Å². The third-order valence-electron chi connectivity index (χ3n) is 2.66. The second-order valence-electron chi connectivity index (χ2n) is 4.31. The molecule has 1 unspecified atom stereocenters. The molecule has 1 aromatic carbocycles. The number of anilines is 1. The van der Waals surface area contributed by atoms with Crippen LogP contribution in [0.3, 0.4) is 0 Å². The zero-order valence-electron chi connectivity index (χ0n) is 11.0. The van der Waals surface area contributed by atoms with Crippen LogP contribution in [0.15, 0.2) is 24.3 Å². The fourth-order valence-corrected chi connectivity index (χ4v) is 2.21. The van der Waals surface area contributed by atoms with Crippen molar-refractivity contribution in [1.29, 1.82) is 0 Å². The van der Waals surface area contributed by atoms with Gasteiger partial charge in [-0.2, -0.15) is 0 Å². The molecule has 1 amide bonds. The molecule has 0 heterocycles. The monoisotopic (exact) mass is 265 g/mol. The summed E-state index contributed by atoms with van der Waals surface area (Å²) in [6, 6.07) is 7.63. The van der Waals surface area contributed by atoms with E-state index in [9.17, 15) is 9.59 Å². The standard InChI is InChI=1S/C14H19NO2S/c1-4-13(16)11(3)9-18-14(17)15-12-7-5-10(2)6-8-12/h5-8,11H,4,9H2,1-3H3,(H,15,17). The molecule has 0 aliphatic rings. The highest BCUT2D eigenvalue weighted by Gasteiger charge is 2.13. The van der Waals surface area contributed by atoms with Crippen molar-refractivity contribution in [2.24, 2.45) is 5.92 Å². The van der Waals surface area contributed by atoms with E-state index in [1.54, 1.807) is 0 Å². The van der Waals surface area contributed by atoms with Crippen LogP contribution in [0.4, 0.5) is 10.5 Å². The molecule has 1 rings (SSSR count). The van der Waals surface area contributed by atoms with Crippen molar-refractivity contribution in [2.75, 3.05) is 11.1 Å². The van der Waals surface area contributed by atoms with Gasteiger partial charge in [0.05, 0.1) is 0 Å². The van der Waals surface area contributed by atoms with Gasteiger partial charge in [-0.3, -0.25) is 9.59 Å². The molecule has 1 atom stereocenters. The van der Waals surface area contributed by atoms with Gasteiger partial charge >= 0.3 is 0 Å². The number of hydrogen-bond donors (Lipinski definition) is 1. The van der Waals surface area contributed by atoms with Gasteiger partial charge in [0.25, 0.3) is 5.24 Å². The zero-order chi connectivity index (χ0) is 13.5. The van der Waals surface area contributed by atoms with Crippen molar-refractivity contribution in [3.8, 4) is 0 Å². The van der Waals surface area contributed by atoms with Crippen LogP contribution in [-0.4, -0.2) is 16.8 Å². The molecule has 0 bridgehead atoms. The van der Waals surface area contributed by atoms with E-state index < -0.39 is 0 Å². The number of rotatable bonds is 5. The normalized spacial score (nSPS) is 11.9. The molecule has 0 radical (unpaired) electrons. The number of carbonyl (C=O) groups excluding carboxylic acids is 2. The highest BCUT2D eigenvalue weighted by atomic mass is 32.2. The molecule has 0 saturated carbocycles. The predicted octanol–water partition coefficient (Wildman–Crippen LogP) is 3.88. The van der Waals surface area contributed by atoms with Gasteiger partial charge < -0.3 is 5.32 Å². The number of hydrogen-bond acceptors (Lipinski definition) is 3. The Morgan fingerprint density at radius 1 is 1.28 bits per heavy atom. The van der Waals surface area contributed by atoms with Gasteiger partial charge in [-0.25, -0.2) is 0 Å². The first-order valence-electron chi connectivity index (χ1n) is 6.06. The minimum absolute atomic E-state index is 0.0660. The molecule has 0 aliphatic heterocycles. The highest BCUT2D eigenvalue weighted by Crippen LogP contribution is 2.16. The zero-order valence-corrected chi connectivity index (χ0v) is 11.8. The van der Waals surface area contributed by atoms with E-state index in [1.807, 2.05) is 45.0 Å². The number of ketones is 1. The van der Waals surface area contributed by atoms with Gasteiger partial charge in [0.1, 0.15) is 5.78 Å². The Morgan fingerprint density at radius 3 is 2.44 bits per heavy atom. The van der Waals surface area contributed by atoms with E-state index in [4.69, 9.17) is 0 Å². The Labute approximate surface area is 112 Å². The van der Waals surface area contributed by atoms with E-state index in [0.29, 0.717) is 12.2 Å². The summed E-state index contributed by atoms with van der Waals surface area (Å²) in [5, 5.41) is 2.68. The largest absolute Gasteiger partial charge is 0.317 e. The Kier molecular flexibility index (Phi) is 5.92. The van der Waals surface area contributed by atoms with Gasteiger partial charge in [-0.1, -0.05) is 43.3 Å². The Balaban J connectivity index is 2.38. The molecule has 1 N–H and O–H groups in total. The maximum atomic E-state index is 11.7. The average Bonchev–Trinajstić information content (AvgIpc) is 2.37. The molecule has 4 heteroatoms. The first-order chi connectivity index (χ1) is 8.52. The van der Waals surface area contributed by atoms with Crippen molar-refractivity contribution in [3.63, 3.8) is 0 Å². The predicted molar refractivity (Wildman–Crippen MR) is 77.1 cm³/mol. The second kappa shape index (κ2) is 7.21. The molecule has 0 spiro atoms. The molecule has 18 heavy (non-hydrogen) atoms. The fourth-order valence-electron chi connectivity index (χ4n) is 1.43. The number of carbonyl (C=O) groups is 2. The van der Waals surface area contributed by atoms with Gasteiger partial charge in [-0.05, 0) is 19.1 Å². The number of Topliss-reactive ketones (excluding diaryl/α,β-unsaturated/α-hetero) is 1. The van der Waals surface area contributed by atoms with Crippen LogP contribution in [0.25, 0.3) is 0 Å². The Bertz CT molecular complexity index is 414. The number of amides is 1. The summed E-state index contributed by atoms with van der Waals surface area (Å²) in [5.74, 6) is 0.666. The molecule has 0 aromatic heterocycles. The van der Waals surface area contributed by atoms with Crippen molar-refractivity contribution < 1.29 is 9.59 Å². The van der Waals surface area contributed by atoms with Gasteiger partial charge in [0.15, 0.2) is 0 Å². The lowest BCUT2D eigenvalue weighted by atomic mass is 10.1. The first kappa shape index (κ1) is 14.8. The summed E-state index contributed by atoms with van der Waals surface area (Å²) in [6.07, 6.45) is 0.529. The van der Waals surface area contributed by atoms with Crippen LogP contribution in [0, 0.1) is 12.8 Å². The second-order valence-corrected chi connectivity index (χ2v) is 5.30.